The average molecular weight is 395 g/mol. The summed E-state index contributed by atoms with van der Waals surface area (Å²) in [5.41, 5.74) is 0. The van der Waals surface area contributed by atoms with Gasteiger partial charge in [-0.25, -0.2) is 12.7 Å². The Hall–Kier alpha value is -1.02. The number of halogens is 2. The van der Waals surface area contributed by atoms with E-state index in [1.807, 2.05) is 0 Å². The summed E-state index contributed by atoms with van der Waals surface area (Å²) in [7, 11) is -3.32. The Morgan fingerprint density at radius 3 is 2.62 bits per heavy atom. The van der Waals surface area contributed by atoms with Crippen molar-refractivity contribution in [1.29, 1.82) is 0 Å². The molecule has 0 aromatic heterocycles. The molecule has 9 heteroatoms. The van der Waals surface area contributed by atoms with Crippen molar-refractivity contribution >= 4 is 39.1 Å². The predicted molar refractivity (Wildman–Crippen MR) is 94.2 cm³/mol. The van der Waals surface area contributed by atoms with Gasteiger partial charge in [-0.1, -0.05) is 29.6 Å². The molecule has 1 aromatic carbocycles. The van der Waals surface area contributed by atoms with Gasteiger partial charge in [0.2, 0.25) is 10.0 Å². The van der Waals surface area contributed by atoms with E-state index in [1.165, 1.54) is 10.4 Å². The van der Waals surface area contributed by atoms with E-state index in [2.05, 4.69) is 5.32 Å². The van der Waals surface area contributed by atoms with Crippen molar-refractivity contribution in [3.63, 3.8) is 0 Å². The number of sulfonamides is 1. The van der Waals surface area contributed by atoms with Gasteiger partial charge in [0.1, 0.15) is 5.75 Å². The number of rotatable bonds is 7. The number of piperidine rings is 1. The number of carbonyl (C=O) groups is 1. The SMILES string of the molecule is O=C(COc1cc(Cl)ccc1Cl)NCCS(=O)(=O)N1CCCCC1. The minimum Gasteiger partial charge on any atom is -0.482 e. The van der Waals surface area contributed by atoms with E-state index in [1.54, 1.807) is 12.1 Å². The molecule has 1 amide bonds. The molecule has 1 fully saturated rings. The molecule has 0 spiro atoms. The summed E-state index contributed by atoms with van der Waals surface area (Å²) >= 11 is 11.8. The normalized spacial score (nSPS) is 15.9. The zero-order valence-electron chi connectivity index (χ0n) is 13.1. The molecule has 2 rings (SSSR count). The van der Waals surface area contributed by atoms with Crippen molar-refractivity contribution in [3.8, 4) is 5.75 Å². The molecule has 1 aliphatic heterocycles. The Balaban J connectivity index is 1.74. The van der Waals surface area contributed by atoms with Crippen LogP contribution in [0.1, 0.15) is 19.3 Å². The van der Waals surface area contributed by atoms with Gasteiger partial charge in [0.15, 0.2) is 6.61 Å². The molecule has 0 aliphatic carbocycles. The van der Waals surface area contributed by atoms with Crippen molar-refractivity contribution in [2.24, 2.45) is 0 Å². The molecule has 1 heterocycles. The quantitative estimate of drug-likeness (QED) is 0.769. The molecule has 134 valence electrons. The first kappa shape index (κ1) is 19.3. The third-order valence-corrected chi connectivity index (χ3v) is 6.06. The van der Waals surface area contributed by atoms with Crippen LogP contribution >= 0.6 is 23.2 Å². The molecular weight excluding hydrogens is 375 g/mol. The largest absolute Gasteiger partial charge is 0.482 e. The van der Waals surface area contributed by atoms with E-state index in [0.29, 0.717) is 28.9 Å². The second kappa shape index (κ2) is 8.89. The molecule has 0 radical (unpaired) electrons. The lowest BCUT2D eigenvalue weighted by Gasteiger charge is -2.25. The maximum Gasteiger partial charge on any atom is 0.257 e. The van der Waals surface area contributed by atoms with Crippen LogP contribution in [0.4, 0.5) is 0 Å². The van der Waals surface area contributed by atoms with E-state index in [0.717, 1.165) is 19.3 Å². The molecule has 6 nitrogen and oxygen atoms in total. The van der Waals surface area contributed by atoms with E-state index in [9.17, 15) is 13.2 Å². The fourth-order valence-electron chi connectivity index (χ4n) is 2.37. The first-order valence-corrected chi connectivity index (χ1v) is 10.1. The lowest BCUT2D eigenvalue weighted by Crippen LogP contribution is -2.41. The Bertz CT molecular complexity index is 676. The van der Waals surface area contributed by atoms with Crippen LogP contribution in [0, 0.1) is 0 Å². The lowest BCUT2D eigenvalue weighted by atomic mass is 10.2. The standard InChI is InChI=1S/C15H20Cl2N2O4S/c16-12-4-5-13(17)14(10-12)23-11-15(20)18-6-9-24(21,22)19-7-2-1-3-8-19/h4-5,10H,1-3,6-9,11H2,(H,18,20). The minimum atomic E-state index is -3.32. The van der Waals surface area contributed by atoms with Crippen LogP contribution < -0.4 is 10.1 Å². The minimum absolute atomic E-state index is 0.0459. The summed E-state index contributed by atoms with van der Waals surface area (Å²) < 4.78 is 31.1. The number of nitrogens with zero attached hydrogens (tertiary/aromatic N) is 1. The van der Waals surface area contributed by atoms with Gasteiger partial charge in [-0.05, 0) is 25.0 Å². The van der Waals surface area contributed by atoms with Crippen molar-refractivity contribution < 1.29 is 17.9 Å². The second-order valence-corrected chi connectivity index (χ2v) is 8.42. The van der Waals surface area contributed by atoms with Crippen LogP contribution in [0.15, 0.2) is 18.2 Å². The molecule has 0 saturated carbocycles. The highest BCUT2D eigenvalue weighted by molar-refractivity contribution is 7.89. The maximum atomic E-state index is 12.1. The molecule has 1 aromatic rings. The van der Waals surface area contributed by atoms with Crippen LogP contribution in [-0.4, -0.2) is 50.6 Å². The highest BCUT2D eigenvalue weighted by atomic mass is 35.5. The van der Waals surface area contributed by atoms with Crippen molar-refractivity contribution in [2.45, 2.75) is 19.3 Å². The zero-order chi connectivity index (χ0) is 17.6. The molecule has 1 saturated heterocycles. The average Bonchev–Trinajstić information content (AvgIpc) is 2.56. The summed E-state index contributed by atoms with van der Waals surface area (Å²) in [5.74, 6) is -0.225. The van der Waals surface area contributed by atoms with Gasteiger partial charge in [-0.3, -0.25) is 4.79 Å². The Labute approximate surface area is 152 Å². The zero-order valence-corrected chi connectivity index (χ0v) is 15.5. The number of benzene rings is 1. The van der Waals surface area contributed by atoms with Crippen LogP contribution in [-0.2, 0) is 14.8 Å². The van der Waals surface area contributed by atoms with Crippen molar-refractivity contribution in [3.05, 3.63) is 28.2 Å². The lowest BCUT2D eigenvalue weighted by molar-refractivity contribution is -0.122. The summed E-state index contributed by atoms with van der Waals surface area (Å²) in [6, 6.07) is 4.70. The van der Waals surface area contributed by atoms with Crippen LogP contribution in [0.5, 0.6) is 5.75 Å². The fraction of sp³-hybridized carbons (Fsp3) is 0.533. The topological polar surface area (TPSA) is 75.7 Å². The van der Waals surface area contributed by atoms with Gasteiger partial charge >= 0.3 is 0 Å². The highest BCUT2D eigenvalue weighted by Gasteiger charge is 2.23. The van der Waals surface area contributed by atoms with E-state index < -0.39 is 15.9 Å². The monoisotopic (exact) mass is 394 g/mol. The molecule has 0 unspecified atom stereocenters. The molecule has 0 atom stereocenters. The van der Waals surface area contributed by atoms with E-state index >= 15 is 0 Å². The summed E-state index contributed by atoms with van der Waals surface area (Å²) in [4.78, 5) is 11.8. The van der Waals surface area contributed by atoms with Gasteiger partial charge in [0, 0.05) is 30.7 Å². The van der Waals surface area contributed by atoms with Gasteiger partial charge in [0.25, 0.3) is 5.91 Å². The van der Waals surface area contributed by atoms with Gasteiger partial charge < -0.3 is 10.1 Å². The van der Waals surface area contributed by atoms with Gasteiger partial charge in [0.05, 0.1) is 10.8 Å². The summed E-state index contributed by atoms with van der Waals surface area (Å²) in [6.07, 6.45) is 2.84. The number of hydrogen-bond acceptors (Lipinski definition) is 4. The van der Waals surface area contributed by atoms with Crippen molar-refractivity contribution in [2.75, 3.05) is 32.0 Å². The van der Waals surface area contributed by atoms with Gasteiger partial charge in [-0.2, -0.15) is 0 Å². The molecular formula is C15H20Cl2N2O4S. The van der Waals surface area contributed by atoms with Gasteiger partial charge in [-0.15, -0.1) is 0 Å². The second-order valence-electron chi connectivity index (χ2n) is 5.49. The molecule has 24 heavy (non-hydrogen) atoms. The first-order valence-electron chi connectivity index (χ1n) is 7.71. The molecule has 1 aliphatic rings. The number of nitrogens with one attached hydrogen (secondary N) is 1. The Morgan fingerprint density at radius 1 is 1.21 bits per heavy atom. The van der Waals surface area contributed by atoms with E-state index in [4.69, 9.17) is 27.9 Å². The van der Waals surface area contributed by atoms with Crippen LogP contribution in [0.2, 0.25) is 10.0 Å². The third-order valence-electron chi connectivity index (χ3n) is 3.64. The predicted octanol–water partition coefficient (Wildman–Crippen LogP) is 2.30. The molecule has 1 N–H and O–H groups in total. The fourth-order valence-corrected chi connectivity index (χ4v) is 4.14. The Morgan fingerprint density at radius 2 is 1.92 bits per heavy atom. The third kappa shape index (κ3) is 5.81. The first-order chi connectivity index (χ1) is 11.4. The highest BCUT2D eigenvalue weighted by Crippen LogP contribution is 2.27. The van der Waals surface area contributed by atoms with E-state index in [-0.39, 0.29) is 18.9 Å². The van der Waals surface area contributed by atoms with Crippen LogP contribution in [0.3, 0.4) is 0 Å². The van der Waals surface area contributed by atoms with Crippen LogP contribution in [0.25, 0.3) is 0 Å². The number of hydrogen-bond donors (Lipinski definition) is 1. The Kier molecular flexibility index (Phi) is 7.16. The number of ether oxygens (including phenoxy) is 1. The molecule has 0 bridgehead atoms. The summed E-state index contributed by atoms with van der Waals surface area (Å²) in [5, 5.41) is 3.33. The smallest absolute Gasteiger partial charge is 0.257 e. The van der Waals surface area contributed by atoms with Crippen molar-refractivity contribution in [1.82, 2.24) is 9.62 Å². The number of carbonyl (C=O) groups excluding carboxylic acids is 1. The maximum absolute atomic E-state index is 12.1. The summed E-state index contributed by atoms with van der Waals surface area (Å²) in [6.45, 7) is 0.910. The number of amides is 1.